The van der Waals surface area contributed by atoms with E-state index < -0.39 is 0 Å². The second kappa shape index (κ2) is 6.34. The molecule has 2 fully saturated rings. The fourth-order valence-corrected chi connectivity index (χ4v) is 2.54. The van der Waals surface area contributed by atoms with Crippen LogP contribution in [0.3, 0.4) is 0 Å². The summed E-state index contributed by atoms with van der Waals surface area (Å²) in [6, 6.07) is 2.15. The summed E-state index contributed by atoms with van der Waals surface area (Å²) < 4.78 is 17.2. The van der Waals surface area contributed by atoms with E-state index in [0.29, 0.717) is 12.5 Å². The van der Waals surface area contributed by atoms with Gasteiger partial charge in [0, 0.05) is 25.9 Å². The molecule has 2 rings (SSSR count). The van der Waals surface area contributed by atoms with Gasteiger partial charge in [-0.25, -0.2) is 0 Å². The van der Waals surface area contributed by atoms with E-state index in [9.17, 15) is 0 Å². The summed E-state index contributed by atoms with van der Waals surface area (Å²) in [5.74, 6) is -0.277. The third kappa shape index (κ3) is 3.67. The summed E-state index contributed by atoms with van der Waals surface area (Å²) in [4.78, 5) is 0. The molecule has 2 aliphatic rings. The van der Waals surface area contributed by atoms with Crippen LogP contribution in [0.15, 0.2) is 0 Å². The molecule has 1 spiro atoms. The van der Waals surface area contributed by atoms with Gasteiger partial charge in [0.25, 0.3) is 0 Å². The maximum Gasteiger partial charge on any atom is 0.168 e. The van der Waals surface area contributed by atoms with Crippen LogP contribution in [0.4, 0.5) is 0 Å². The van der Waals surface area contributed by atoms with E-state index in [1.54, 1.807) is 0 Å². The molecule has 1 heterocycles. The van der Waals surface area contributed by atoms with Crippen LogP contribution in [0.25, 0.3) is 0 Å². The molecule has 96 valence electrons. The standard InChI is InChI=1S/C13H21NO3/c14-8-2-1-3-9-15-12-4-6-13(7-5-12)16-10-11-17-13/h12H,1-7,9-11H2. The summed E-state index contributed by atoms with van der Waals surface area (Å²) >= 11 is 0. The van der Waals surface area contributed by atoms with Crippen molar-refractivity contribution in [1.29, 1.82) is 5.26 Å². The molecule has 1 aliphatic heterocycles. The van der Waals surface area contributed by atoms with Gasteiger partial charge in [-0.2, -0.15) is 5.26 Å². The average Bonchev–Trinajstić information content (AvgIpc) is 2.80. The predicted molar refractivity (Wildman–Crippen MR) is 62.3 cm³/mol. The van der Waals surface area contributed by atoms with Gasteiger partial charge in [-0.15, -0.1) is 0 Å². The smallest absolute Gasteiger partial charge is 0.168 e. The van der Waals surface area contributed by atoms with Gasteiger partial charge >= 0.3 is 0 Å². The average molecular weight is 239 g/mol. The minimum absolute atomic E-state index is 0.277. The Labute approximate surface area is 103 Å². The molecule has 4 heteroatoms. The van der Waals surface area contributed by atoms with Crippen molar-refractivity contribution < 1.29 is 14.2 Å². The Bertz CT molecular complexity index is 258. The van der Waals surface area contributed by atoms with Crippen molar-refractivity contribution in [1.82, 2.24) is 0 Å². The van der Waals surface area contributed by atoms with Crippen LogP contribution < -0.4 is 0 Å². The highest BCUT2D eigenvalue weighted by atomic mass is 16.7. The first-order chi connectivity index (χ1) is 8.35. The van der Waals surface area contributed by atoms with Gasteiger partial charge in [0.15, 0.2) is 5.79 Å². The van der Waals surface area contributed by atoms with Gasteiger partial charge in [0.05, 0.1) is 25.4 Å². The van der Waals surface area contributed by atoms with E-state index in [1.165, 1.54) is 0 Å². The molecule has 0 aromatic carbocycles. The highest BCUT2D eigenvalue weighted by molar-refractivity contribution is 4.82. The zero-order valence-corrected chi connectivity index (χ0v) is 10.3. The van der Waals surface area contributed by atoms with Crippen molar-refractivity contribution in [3.05, 3.63) is 0 Å². The van der Waals surface area contributed by atoms with Gasteiger partial charge < -0.3 is 14.2 Å². The first kappa shape index (κ1) is 12.8. The van der Waals surface area contributed by atoms with Gasteiger partial charge in [-0.1, -0.05) is 0 Å². The number of nitriles is 1. The summed E-state index contributed by atoms with van der Waals surface area (Å²) in [6.45, 7) is 2.25. The van der Waals surface area contributed by atoms with E-state index in [4.69, 9.17) is 19.5 Å². The van der Waals surface area contributed by atoms with Crippen LogP contribution in [0, 0.1) is 11.3 Å². The van der Waals surface area contributed by atoms with E-state index in [0.717, 1.165) is 58.3 Å². The lowest BCUT2D eigenvalue weighted by Crippen LogP contribution is -2.37. The predicted octanol–water partition coefficient (Wildman–Crippen LogP) is 2.38. The second-order valence-electron chi connectivity index (χ2n) is 4.79. The van der Waals surface area contributed by atoms with E-state index in [2.05, 4.69) is 6.07 Å². The maximum atomic E-state index is 8.41. The van der Waals surface area contributed by atoms with Gasteiger partial charge in [0.2, 0.25) is 0 Å². The number of hydrogen-bond acceptors (Lipinski definition) is 4. The van der Waals surface area contributed by atoms with Crippen molar-refractivity contribution in [2.75, 3.05) is 19.8 Å². The number of unbranched alkanes of at least 4 members (excludes halogenated alkanes) is 2. The van der Waals surface area contributed by atoms with Gasteiger partial charge in [-0.3, -0.25) is 0 Å². The second-order valence-corrected chi connectivity index (χ2v) is 4.79. The van der Waals surface area contributed by atoms with E-state index in [1.807, 2.05) is 0 Å². The van der Waals surface area contributed by atoms with Crippen LogP contribution >= 0.6 is 0 Å². The van der Waals surface area contributed by atoms with Crippen LogP contribution in [-0.2, 0) is 14.2 Å². The van der Waals surface area contributed by atoms with Crippen LogP contribution in [-0.4, -0.2) is 31.7 Å². The molecule has 0 atom stereocenters. The lowest BCUT2D eigenvalue weighted by Gasteiger charge is -2.35. The molecule has 0 bridgehead atoms. The normalized spacial score (nSPS) is 23.9. The molecular formula is C13H21NO3. The molecule has 0 aromatic heterocycles. The monoisotopic (exact) mass is 239 g/mol. The minimum atomic E-state index is -0.277. The fourth-order valence-electron chi connectivity index (χ4n) is 2.54. The number of hydrogen-bond donors (Lipinski definition) is 0. The molecule has 1 saturated heterocycles. The number of ether oxygens (including phenoxy) is 3. The van der Waals surface area contributed by atoms with Crippen molar-refractivity contribution in [2.45, 2.75) is 56.8 Å². The molecule has 0 N–H and O–H groups in total. The summed E-state index contributed by atoms with van der Waals surface area (Å²) in [6.07, 6.45) is 6.89. The lowest BCUT2D eigenvalue weighted by molar-refractivity contribution is -0.191. The van der Waals surface area contributed by atoms with Crippen molar-refractivity contribution in [3.8, 4) is 6.07 Å². The van der Waals surface area contributed by atoms with Gasteiger partial charge in [-0.05, 0) is 25.7 Å². The molecule has 17 heavy (non-hydrogen) atoms. The Balaban J connectivity index is 1.58. The topological polar surface area (TPSA) is 51.5 Å². The first-order valence-electron chi connectivity index (χ1n) is 6.61. The Morgan fingerprint density at radius 2 is 1.88 bits per heavy atom. The van der Waals surface area contributed by atoms with Crippen LogP contribution in [0.2, 0.25) is 0 Å². The van der Waals surface area contributed by atoms with Crippen molar-refractivity contribution >= 4 is 0 Å². The fraction of sp³-hybridized carbons (Fsp3) is 0.923. The molecule has 1 saturated carbocycles. The minimum Gasteiger partial charge on any atom is -0.378 e. The Morgan fingerprint density at radius 3 is 2.53 bits per heavy atom. The molecule has 0 amide bonds. The number of rotatable bonds is 5. The lowest BCUT2D eigenvalue weighted by atomic mass is 9.92. The van der Waals surface area contributed by atoms with Crippen LogP contribution in [0.1, 0.15) is 44.9 Å². The largest absolute Gasteiger partial charge is 0.378 e. The third-order valence-corrected chi connectivity index (χ3v) is 3.54. The first-order valence-corrected chi connectivity index (χ1v) is 6.61. The van der Waals surface area contributed by atoms with Gasteiger partial charge in [0.1, 0.15) is 0 Å². The zero-order valence-electron chi connectivity index (χ0n) is 10.3. The summed E-state index contributed by atoms with van der Waals surface area (Å²) in [7, 11) is 0. The SMILES string of the molecule is N#CCCCCOC1CCC2(CC1)OCCO2. The quantitative estimate of drug-likeness (QED) is 0.691. The molecule has 1 aliphatic carbocycles. The third-order valence-electron chi connectivity index (χ3n) is 3.54. The molecule has 0 aromatic rings. The van der Waals surface area contributed by atoms with Crippen molar-refractivity contribution in [2.24, 2.45) is 0 Å². The highest BCUT2D eigenvalue weighted by Crippen LogP contribution is 2.36. The summed E-state index contributed by atoms with van der Waals surface area (Å²) in [5.41, 5.74) is 0. The molecule has 0 unspecified atom stereocenters. The Morgan fingerprint density at radius 1 is 1.18 bits per heavy atom. The Kier molecular flexibility index (Phi) is 4.78. The molecule has 4 nitrogen and oxygen atoms in total. The number of nitrogens with zero attached hydrogens (tertiary/aromatic N) is 1. The van der Waals surface area contributed by atoms with E-state index in [-0.39, 0.29) is 5.79 Å². The highest BCUT2D eigenvalue weighted by Gasteiger charge is 2.40. The van der Waals surface area contributed by atoms with Crippen molar-refractivity contribution in [3.63, 3.8) is 0 Å². The summed E-state index contributed by atoms with van der Waals surface area (Å²) in [5, 5.41) is 8.41. The Hall–Kier alpha value is -0.630. The maximum absolute atomic E-state index is 8.41. The van der Waals surface area contributed by atoms with E-state index >= 15 is 0 Å². The van der Waals surface area contributed by atoms with Crippen LogP contribution in [0.5, 0.6) is 0 Å². The molecule has 0 radical (unpaired) electrons. The molecular weight excluding hydrogens is 218 g/mol. The zero-order chi connectivity index (χ0) is 12.0.